The molecule has 2 aromatic heterocycles. The molecule has 1 atom stereocenters. The zero-order valence-corrected chi connectivity index (χ0v) is 14.7. The Bertz CT molecular complexity index is 1040. The second kappa shape index (κ2) is 6.36. The van der Waals surface area contributed by atoms with Crippen LogP contribution < -0.4 is 5.56 Å². The number of amides is 1. The standard InChI is InChI=1S/C18H19N5O3/c1-11-14-5-3-4-6-15(14)18(25)23(20-11)10-16(24)22-8-7-13(9-22)17-19-12(2)21-26-17/h3-6,13H,7-10H2,1-2H3. The van der Waals surface area contributed by atoms with E-state index in [-0.39, 0.29) is 23.9 Å². The highest BCUT2D eigenvalue weighted by atomic mass is 16.5. The topological polar surface area (TPSA) is 94.1 Å². The van der Waals surface area contributed by atoms with Gasteiger partial charge in [0.05, 0.1) is 17.0 Å². The minimum Gasteiger partial charge on any atom is -0.340 e. The largest absolute Gasteiger partial charge is 0.340 e. The second-order valence-electron chi connectivity index (χ2n) is 6.60. The number of hydrogen-bond acceptors (Lipinski definition) is 6. The number of fused-ring (bicyclic) bond motifs is 1. The molecule has 0 bridgehead atoms. The van der Waals surface area contributed by atoms with Crippen LogP contribution >= 0.6 is 0 Å². The summed E-state index contributed by atoms with van der Waals surface area (Å²) in [6, 6.07) is 7.31. The number of likely N-dealkylation sites (tertiary alicyclic amines) is 1. The lowest BCUT2D eigenvalue weighted by Crippen LogP contribution is -2.36. The Morgan fingerprint density at radius 3 is 2.77 bits per heavy atom. The van der Waals surface area contributed by atoms with E-state index in [1.165, 1.54) is 4.68 Å². The minimum atomic E-state index is -0.247. The lowest BCUT2D eigenvalue weighted by atomic mass is 10.1. The van der Waals surface area contributed by atoms with Crippen molar-refractivity contribution in [3.05, 3.63) is 52.0 Å². The van der Waals surface area contributed by atoms with Crippen molar-refractivity contribution in [3.63, 3.8) is 0 Å². The summed E-state index contributed by atoms with van der Waals surface area (Å²) < 4.78 is 6.47. The monoisotopic (exact) mass is 353 g/mol. The molecule has 0 N–H and O–H groups in total. The van der Waals surface area contributed by atoms with Gasteiger partial charge < -0.3 is 9.42 Å². The van der Waals surface area contributed by atoms with Gasteiger partial charge in [0.2, 0.25) is 11.8 Å². The molecule has 1 aromatic carbocycles. The zero-order chi connectivity index (χ0) is 18.3. The molecule has 0 aliphatic carbocycles. The molecule has 134 valence electrons. The fraction of sp³-hybridized carbons (Fsp3) is 0.389. The van der Waals surface area contributed by atoms with E-state index >= 15 is 0 Å². The van der Waals surface area contributed by atoms with Crippen LogP contribution in [0, 0.1) is 13.8 Å². The van der Waals surface area contributed by atoms with E-state index in [9.17, 15) is 9.59 Å². The molecule has 0 spiro atoms. The van der Waals surface area contributed by atoms with Crippen molar-refractivity contribution in [2.24, 2.45) is 0 Å². The highest BCUT2D eigenvalue weighted by molar-refractivity contribution is 5.83. The van der Waals surface area contributed by atoms with Crippen LogP contribution in [0.15, 0.2) is 33.6 Å². The average Bonchev–Trinajstić information content (AvgIpc) is 3.28. The van der Waals surface area contributed by atoms with Crippen molar-refractivity contribution in [1.82, 2.24) is 24.8 Å². The Balaban J connectivity index is 1.53. The van der Waals surface area contributed by atoms with Crippen LogP contribution in [0.2, 0.25) is 0 Å². The number of benzene rings is 1. The van der Waals surface area contributed by atoms with Gasteiger partial charge in [0.25, 0.3) is 5.56 Å². The van der Waals surface area contributed by atoms with Crippen LogP contribution in [0.3, 0.4) is 0 Å². The van der Waals surface area contributed by atoms with E-state index in [1.54, 1.807) is 17.9 Å². The number of rotatable bonds is 3. The van der Waals surface area contributed by atoms with Crippen LogP contribution in [0.5, 0.6) is 0 Å². The molecule has 3 aromatic rings. The van der Waals surface area contributed by atoms with Crippen molar-refractivity contribution in [1.29, 1.82) is 0 Å². The normalized spacial score (nSPS) is 17.2. The second-order valence-corrected chi connectivity index (χ2v) is 6.60. The Morgan fingerprint density at radius 1 is 1.27 bits per heavy atom. The molecule has 26 heavy (non-hydrogen) atoms. The molecular formula is C18H19N5O3. The number of hydrogen-bond donors (Lipinski definition) is 0. The van der Waals surface area contributed by atoms with Crippen molar-refractivity contribution >= 4 is 16.7 Å². The summed E-state index contributed by atoms with van der Waals surface area (Å²) in [6.07, 6.45) is 0.770. The van der Waals surface area contributed by atoms with Gasteiger partial charge in [0.15, 0.2) is 5.82 Å². The number of carbonyl (C=O) groups excluding carboxylic acids is 1. The Labute approximate surface area is 149 Å². The van der Waals surface area contributed by atoms with Crippen LogP contribution in [0.1, 0.15) is 29.7 Å². The molecule has 0 saturated carbocycles. The lowest BCUT2D eigenvalue weighted by molar-refractivity contribution is -0.131. The van der Waals surface area contributed by atoms with Crippen molar-refractivity contribution in [2.75, 3.05) is 13.1 Å². The molecule has 1 aliphatic rings. The first-order chi connectivity index (χ1) is 12.5. The first-order valence-corrected chi connectivity index (χ1v) is 8.57. The van der Waals surface area contributed by atoms with E-state index < -0.39 is 0 Å². The molecule has 1 fully saturated rings. The quantitative estimate of drug-likeness (QED) is 0.707. The molecule has 0 radical (unpaired) electrons. The fourth-order valence-electron chi connectivity index (χ4n) is 3.41. The highest BCUT2D eigenvalue weighted by Gasteiger charge is 2.31. The molecule has 8 heteroatoms. The first-order valence-electron chi connectivity index (χ1n) is 8.57. The molecule has 4 rings (SSSR count). The van der Waals surface area contributed by atoms with Crippen molar-refractivity contribution in [2.45, 2.75) is 32.7 Å². The van der Waals surface area contributed by atoms with Crippen LogP contribution in [-0.2, 0) is 11.3 Å². The van der Waals surface area contributed by atoms with Crippen molar-refractivity contribution < 1.29 is 9.32 Å². The summed E-state index contributed by atoms with van der Waals surface area (Å²) in [5.41, 5.74) is 0.483. The first kappa shape index (κ1) is 16.4. The van der Waals surface area contributed by atoms with E-state index in [0.717, 1.165) is 17.5 Å². The van der Waals surface area contributed by atoms with Gasteiger partial charge in [-0.05, 0) is 26.3 Å². The third kappa shape index (κ3) is 2.87. The lowest BCUT2D eigenvalue weighted by Gasteiger charge is -2.16. The molecule has 1 amide bonds. The molecule has 1 aliphatic heterocycles. The van der Waals surface area contributed by atoms with Gasteiger partial charge in [-0.15, -0.1) is 0 Å². The summed E-state index contributed by atoms with van der Waals surface area (Å²) in [5.74, 6) is 1.07. The van der Waals surface area contributed by atoms with Gasteiger partial charge in [-0.3, -0.25) is 9.59 Å². The van der Waals surface area contributed by atoms with Crippen LogP contribution in [-0.4, -0.2) is 43.8 Å². The summed E-state index contributed by atoms with van der Waals surface area (Å²) in [5, 5.41) is 9.50. The third-order valence-corrected chi connectivity index (χ3v) is 4.77. The van der Waals surface area contributed by atoms with Gasteiger partial charge in [0.1, 0.15) is 6.54 Å². The van der Waals surface area contributed by atoms with Crippen LogP contribution in [0.25, 0.3) is 10.8 Å². The van der Waals surface area contributed by atoms with Gasteiger partial charge in [-0.25, -0.2) is 4.68 Å². The molecular weight excluding hydrogens is 334 g/mol. The predicted molar refractivity (Wildman–Crippen MR) is 93.7 cm³/mol. The third-order valence-electron chi connectivity index (χ3n) is 4.77. The number of carbonyl (C=O) groups is 1. The molecule has 8 nitrogen and oxygen atoms in total. The maximum atomic E-state index is 12.7. The highest BCUT2D eigenvalue weighted by Crippen LogP contribution is 2.26. The van der Waals surface area contributed by atoms with Crippen LogP contribution in [0.4, 0.5) is 0 Å². The summed E-state index contributed by atoms with van der Waals surface area (Å²) in [7, 11) is 0. The van der Waals surface area contributed by atoms with Gasteiger partial charge in [-0.2, -0.15) is 10.1 Å². The molecule has 1 unspecified atom stereocenters. The predicted octanol–water partition coefficient (Wildman–Crippen LogP) is 1.41. The Kier molecular flexibility index (Phi) is 4.02. The number of aromatic nitrogens is 4. The number of aryl methyl sites for hydroxylation is 2. The Hall–Kier alpha value is -3.03. The SMILES string of the molecule is Cc1noc(C2CCN(C(=O)Cn3nc(C)c4ccccc4c3=O)C2)n1. The van der Waals surface area contributed by atoms with E-state index in [2.05, 4.69) is 15.2 Å². The smallest absolute Gasteiger partial charge is 0.275 e. The average molecular weight is 353 g/mol. The molecule has 1 saturated heterocycles. The summed E-state index contributed by atoms with van der Waals surface area (Å²) in [6.45, 7) is 4.66. The Morgan fingerprint density at radius 2 is 2.04 bits per heavy atom. The van der Waals surface area contributed by atoms with Gasteiger partial charge in [-0.1, -0.05) is 23.4 Å². The van der Waals surface area contributed by atoms with Crippen molar-refractivity contribution in [3.8, 4) is 0 Å². The fourth-order valence-corrected chi connectivity index (χ4v) is 3.41. The maximum absolute atomic E-state index is 12.7. The zero-order valence-electron chi connectivity index (χ0n) is 14.7. The van der Waals surface area contributed by atoms with E-state index in [4.69, 9.17) is 4.52 Å². The maximum Gasteiger partial charge on any atom is 0.275 e. The van der Waals surface area contributed by atoms with E-state index in [0.29, 0.717) is 30.2 Å². The minimum absolute atomic E-state index is 0.0446. The molecule has 3 heterocycles. The van der Waals surface area contributed by atoms with E-state index in [1.807, 2.05) is 25.1 Å². The summed E-state index contributed by atoms with van der Waals surface area (Å²) in [4.78, 5) is 31.2. The van der Waals surface area contributed by atoms with Gasteiger partial charge >= 0.3 is 0 Å². The number of nitrogens with zero attached hydrogens (tertiary/aromatic N) is 5. The summed E-state index contributed by atoms with van der Waals surface area (Å²) >= 11 is 0. The van der Waals surface area contributed by atoms with Gasteiger partial charge in [0, 0.05) is 18.5 Å².